The van der Waals surface area contributed by atoms with E-state index in [1.807, 2.05) is 24.0 Å². The Balaban J connectivity index is 1.47. The number of aromatic nitrogens is 3. The fourth-order valence-electron chi connectivity index (χ4n) is 3.37. The van der Waals surface area contributed by atoms with E-state index in [1.165, 1.54) is 6.20 Å². The van der Waals surface area contributed by atoms with Crippen LogP contribution >= 0.6 is 0 Å². The Morgan fingerprint density at radius 2 is 2.08 bits per heavy atom. The number of hydrogen-bond acceptors (Lipinski definition) is 4. The van der Waals surface area contributed by atoms with Crippen molar-refractivity contribution in [3.05, 3.63) is 41.3 Å². The first-order valence-electron chi connectivity index (χ1n) is 7.78. The number of amides is 1. The summed E-state index contributed by atoms with van der Waals surface area (Å²) in [6, 6.07) is 3.77. The van der Waals surface area contributed by atoms with E-state index in [9.17, 15) is 13.6 Å². The third-order valence-electron chi connectivity index (χ3n) is 4.95. The van der Waals surface area contributed by atoms with Crippen molar-refractivity contribution in [3.63, 3.8) is 0 Å². The molecule has 4 rings (SSSR count). The Morgan fingerprint density at radius 3 is 2.67 bits per heavy atom. The van der Waals surface area contributed by atoms with Crippen LogP contribution in [0.1, 0.15) is 21.6 Å². The highest BCUT2D eigenvalue weighted by molar-refractivity contribution is 5.92. The number of hydrogen-bond donors (Lipinski definition) is 1. The van der Waals surface area contributed by atoms with Crippen molar-refractivity contribution < 1.29 is 13.6 Å². The Hall–Kier alpha value is -2.51. The number of alkyl halides is 2. The van der Waals surface area contributed by atoms with Gasteiger partial charge < -0.3 is 10.6 Å². The molecule has 1 amide bonds. The lowest BCUT2D eigenvalue weighted by atomic mass is 10.2. The molecule has 2 fully saturated rings. The molecule has 126 valence electrons. The summed E-state index contributed by atoms with van der Waals surface area (Å²) >= 11 is 0. The van der Waals surface area contributed by atoms with Crippen molar-refractivity contribution in [1.29, 1.82) is 0 Å². The molecule has 6 nitrogen and oxygen atoms in total. The molecule has 2 aliphatic rings. The fourth-order valence-corrected chi connectivity index (χ4v) is 3.37. The molecular weight excluding hydrogens is 316 g/mol. The van der Waals surface area contributed by atoms with Crippen LogP contribution in [0.25, 0.3) is 0 Å². The van der Waals surface area contributed by atoms with Crippen molar-refractivity contribution in [3.8, 4) is 0 Å². The van der Waals surface area contributed by atoms with Crippen molar-refractivity contribution in [2.75, 3.05) is 18.0 Å². The van der Waals surface area contributed by atoms with Gasteiger partial charge in [0.2, 0.25) is 0 Å². The van der Waals surface area contributed by atoms with Crippen molar-refractivity contribution >= 4 is 11.7 Å². The van der Waals surface area contributed by atoms with Gasteiger partial charge in [0.15, 0.2) is 0 Å². The largest absolute Gasteiger partial charge is 0.366 e. The predicted molar refractivity (Wildman–Crippen MR) is 83.0 cm³/mol. The number of carbonyl (C=O) groups is 1. The van der Waals surface area contributed by atoms with Crippen LogP contribution in [0.15, 0.2) is 24.5 Å². The monoisotopic (exact) mass is 333 g/mol. The lowest BCUT2D eigenvalue weighted by molar-refractivity contribution is 0.0796. The molecule has 1 saturated heterocycles. The van der Waals surface area contributed by atoms with Gasteiger partial charge in [0.05, 0.1) is 30.1 Å². The van der Waals surface area contributed by atoms with Gasteiger partial charge in [-0.1, -0.05) is 6.07 Å². The number of aryl methyl sites for hydroxylation is 1. The Labute approximate surface area is 137 Å². The molecule has 24 heavy (non-hydrogen) atoms. The standard InChI is InChI=1S/C16H17F2N5O/c1-9-10(5-23-6-11(4-20-23)15(19)24)2-3-14(21-9)22-7-12-13(8-22)16(12,17)18/h2-4,6,12-13H,5,7-8H2,1H3,(H2,19,24). The first-order valence-corrected chi connectivity index (χ1v) is 7.78. The summed E-state index contributed by atoms with van der Waals surface area (Å²) in [5, 5.41) is 4.10. The van der Waals surface area contributed by atoms with Gasteiger partial charge in [-0.2, -0.15) is 5.10 Å². The zero-order chi connectivity index (χ0) is 17.1. The molecule has 2 N–H and O–H groups in total. The number of fused-ring (bicyclic) bond motifs is 1. The topological polar surface area (TPSA) is 77.0 Å². The van der Waals surface area contributed by atoms with E-state index in [1.54, 1.807) is 10.9 Å². The summed E-state index contributed by atoms with van der Waals surface area (Å²) in [6.07, 6.45) is 3.02. The van der Waals surface area contributed by atoms with Gasteiger partial charge in [-0.25, -0.2) is 13.8 Å². The molecule has 2 aromatic rings. The van der Waals surface area contributed by atoms with Gasteiger partial charge in [-0.15, -0.1) is 0 Å². The maximum Gasteiger partial charge on any atom is 0.258 e. The van der Waals surface area contributed by atoms with Crippen molar-refractivity contribution in [2.45, 2.75) is 19.4 Å². The molecular formula is C16H17F2N5O. The van der Waals surface area contributed by atoms with Crippen LogP contribution in [-0.4, -0.2) is 39.7 Å². The van der Waals surface area contributed by atoms with Crippen LogP contribution < -0.4 is 10.6 Å². The van der Waals surface area contributed by atoms with Gasteiger partial charge in [-0.3, -0.25) is 9.48 Å². The van der Waals surface area contributed by atoms with Crippen LogP contribution in [0.2, 0.25) is 0 Å². The number of carbonyl (C=O) groups excluding carboxylic acids is 1. The van der Waals surface area contributed by atoms with E-state index < -0.39 is 23.7 Å². The molecule has 2 atom stereocenters. The SMILES string of the molecule is Cc1nc(N2CC3C(C2)C3(F)F)ccc1Cn1cc(C(N)=O)cn1. The third-order valence-corrected chi connectivity index (χ3v) is 4.95. The maximum atomic E-state index is 13.3. The van der Waals surface area contributed by atoms with Gasteiger partial charge >= 0.3 is 0 Å². The second-order valence-corrected chi connectivity index (χ2v) is 6.50. The number of primary amides is 1. The summed E-state index contributed by atoms with van der Waals surface area (Å²) in [6.45, 7) is 3.08. The average molecular weight is 333 g/mol. The summed E-state index contributed by atoms with van der Waals surface area (Å²) in [5.41, 5.74) is 7.33. The van der Waals surface area contributed by atoms with E-state index in [0.29, 0.717) is 25.2 Å². The minimum absolute atomic E-state index is 0.356. The summed E-state index contributed by atoms with van der Waals surface area (Å²) < 4.78 is 28.2. The van der Waals surface area contributed by atoms with Crippen LogP contribution in [0.4, 0.5) is 14.6 Å². The van der Waals surface area contributed by atoms with Crippen molar-refractivity contribution in [1.82, 2.24) is 14.8 Å². The van der Waals surface area contributed by atoms with Crippen LogP contribution in [0.3, 0.4) is 0 Å². The number of rotatable bonds is 4. The Morgan fingerprint density at radius 1 is 1.38 bits per heavy atom. The molecule has 2 unspecified atom stereocenters. The van der Waals surface area contributed by atoms with Gasteiger partial charge in [0, 0.05) is 25.0 Å². The van der Waals surface area contributed by atoms with Crippen LogP contribution in [0, 0.1) is 18.8 Å². The lowest BCUT2D eigenvalue weighted by Crippen LogP contribution is -2.28. The summed E-state index contributed by atoms with van der Waals surface area (Å²) in [4.78, 5) is 17.6. The first kappa shape index (κ1) is 15.0. The van der Waals surface area contributed by atoms with Gasteiger partial charge in [-0.05, 0) is 18.6 Å². The summed E-state index contributed by atoms with van der Waals surface area (Å²) in [5.74, 6) is -3.30. The van der Waals surface area contributed by atoms with E-state index in [2.05, 4.69) is 10.1 Å². The van der Waals surface area contributed by atoms with Crippen molar-refractivity contribution in [2.24, 2.45) is 17.6 Å². The number of nitrogens with two attached hydrogens (primary N) is 1. The minimum Gasteiger partial charge on any atom is -0.366 e. The maximum absolute atomic E-state index is 13.3. The zero-order valence-corrected chi connectivity index (χ0v) is 13.1. The molecule has 1 aliphatic heterocycles. The second-order valence-electron chi connectivity index (χ2n) is 6.50. The highest BCUT2D eigenvalue weighted by atomic mass is 19.3. The molecule has 2 aromatic heterocycles. The fraction of sp³-hybridized carbons (Fsp3) is 0.438. The normalized spacial score (nSPS) is 24.0. The molecule has 0 bridgehead atoms. The minimum atomic E-state index is -2.48. The number of pyridine rings is 1. The molecule has 1 saturated carbocycles. The summed E-state index contributed by atoms with van der Waals surface area (Å²) in [7, 11) is 0. The Bertz CT molecular complexity index is 805. The van der Waals surface area contributed by atoms with Crippen LogP contribution in [-0.2, 0) is 6.54 Å². The number of anilines is 1. The molecule has 3 heterocycles. The lowest BCUT2D eigenvalue weighted by Gasteiger charge is -2.21. The third kappa shape index (κ3) is 2.33. The van der Waals surface area contributed by atoms with E-state index in [-0.39, 0.29) is 0 Å². The molecule has 0 radical (unpaired) electrons. The second kappa shape index (κ2) is 4.99. The molecule has 0 spiro atoms. The zero-order valence-electron chi connectivity index (χ0n) is 13.1. The molecule has 1 aliphatic carbocycles. The number of nitrogens with zero attached hydrogens (tertiary/aromatic N) is 4. The van der Waals surface area contributed by atoms with E-state index >= 15 is 0 Å². The molecule has 8 heteroatoms. The number of piperidine rings is 1. The molecule has 0 aromatic carbocycles. The van der Waals surface area contributed by atoms with Crippen LogP contribution in [0.5, 0.6) is 0 Å². The van der Waals surface area contributed by atoms with Gasteiger partial charge in [0.1, 0.15) is 5.82 Å². The predicted octanol–water partition coefficient (Wildman–Crippen LogP) is 1.44. The number of halogens is 2. The first-order chi connectivity index (χ1) is 11.4. The highest BCUT2D eigenvalue weighted by Gasteiger charge is 2.71. The quantitative estimate of drug-likeness (QED) is 0.918. The van der Waals surface area contributed by atoms with Gasteiger partial charge in [0.25, 0.3) is 11.8 Å². The van der Waals surface area contributed by atoms with E-state index in [0.717, 1.165) is 17.1 Å². The Kier molecular flexibility index (Phi) is 3.13. The van der Waals surface area contributed by atoms with E-state index in [4.69, 9.17) is 5.73 Å². The average Bonchev–Trinajstić information content (AvgIpc) is 3.00. The highest BCUT2D eigenvalue weighted by Crippen LogP contribution is 2.59. The smallest absolute Gasteiger partial charge is 0.258 e.